The molecule has 1 aliphatic carbocycles. The summed E-state index contributed by atoms with van der Waals surface area (Å²) < 4.78 is 6.81. The first kappa shape index (κ1) is 21.7. The molecule has 2 amide bonds. The lowest BCUT2D eigenvalue weighted by Crippen LogP contribution is -2.78. The van der Waals surface area contributed by atoms with Crippen LogP contribution in [0.15, 0.2) is 30.5 Å². The fourth-order valence-corrected chi connectivity index (χ4v) is 6.09. The number of carbonyl (C=O) groups is 2. The molecular formula is C25H28ClN5O3. The summed E-state index contributed by atoms with van der Waals surface area (Å²) in [5, 5.41) is 6.09. The minimum Gasteiger partial charge on any atom is -0.383 e. The number of halogens is 1. The number of carbonyl (C=O) groups excluding carboxylic acids is 2. The topological polar surface area (TPSA) is 83.5 Å². The Balaban J connectivity index is 1.18. The number of aromatic amines is 1. The number of hydrogen-bond acceptors (Lipinski definition) is 4. The molecule has 0 saturated carbocycles. The highest BCUT2D eigenvalue weighted by Crippen LogP contribution is 2.44. The Morgan fingerprint density at radius 2 is 2.15 bits per heavy atom. The van der Waals surface area contributed by atoms with Crippen LogP contribution in [-0.2, 0) is 22.5 Å². The third kappa shape index (κ3) is 3.26. The average Bonchev–Trinajstić information content (AvgIpc) is 3.40. The minimum atomic E-state index is -0.225. The van der Waals surface area contributed by atoms with Crippen LogP contribution in [-0.4, -0.2) is 75.3 Å². The van der Waals surface area contributed by atoms with Crippen LogP contribution in [0.2, 0.25) is 5.02 Å². The molecule has 2 saturated heterocycles. The van der Waals surface area contributed by atoms with Gasteiger partial charge in [0.1, 0.15) is 5.69 Å². The molecule has 1 aromatic carbocycles. The zero-order chi connectivity index (χ0) is 23.4. The molecule has 2 fully saturated rings. The van der Waals surface area contributed by atoms with Crippen molar-refractivity contribution in [2.75, 3.05) is 33.4 Å². The molecule has 1 atom stereocenters. The number of methoxy groups -OCH3 is 1. The van der Waals surface area contributed by atoms with Gasteiger partial charge in [0.2, 0.25) is 5.91 Å². The number of nitrogens with one attached hydrogen (secondary N) is 1. The summed E-state index contributed by atoms with van der Waals surface area (Å²) >= 11 is 6.24. The number of aromatic nitrogens is 3. The van der Waals surface area contributed by atoms with Gasteiger partial charge in [-0.25, -0.2) is 0 Å². The summed E-state index contributed by atoms with van der Waals surface area (Å²) in [6, 6.07) is 7.62. The van der Waals surface area contributed by atoms with Crippen molar-refractivity contribution in [3.05, 3.63) is 52.4 Å². The molecule has 2 aromatic heterocycles. The van der Waals surface area contributed by atoms with E-state index in [1.165, 1.54) is 5.56 Å². The Labute approximate surface area is 202 Å². The second-order valence-electron chi connectivity index (χ2n) is 9.71. The number of aryl methyl sites for hydroxylation is 1. The maximum atomic E-state index is 13.7. The van der Waals surface area contributed by atoms with Crippen molar-refractivity contribution in [3.8, 4) is 0 Å². The van der Waals surface area contributed by atoms with E-state index in [0.29, 0.717) is 37.0 Å². The van der Waals surface area contributed by atoms with Gasteiger partial charge in [-0.15, -0.1) is 0 Å². The van der Waals surface area contributed by atoms with E-state index in [-0.39, 0.29) is 23.3 Å². The van der Waals surface area contributed by atoms with Gasteiger partial charge in [-0.3, -0.25) is 14.3 Å². The monoisotopic (exact) mass is 481 g/mol. The lowest BCUT2D eigenvalue weighted by Gasteiger charge is -2.62. The number of hydrogen-bond donors (Lipinski definition) is 1. The van der Waals surface area contributed by atoms with E-state index >= 15 is 0 Å². The van der Waals surface area contributed by atoms with Crippen LogP contribution in [0, 0.1) is 0 Å². The van der Waals surface area contributed by atoms with Crippen molar-refractivity contribution in [3.63, 3.8) is 0 Å². The third-order valence-electron chi connectivity index (χ3n) is 7.81. The molecule has 1 N–H and O–H groups in total. The number of amides is 2. The van der Waals surface area contributed by atoms with Gasteiger partial charge in [-0.2, -0.15) is 5.10 Å². The number of ether oxygens (including phenoxy) is 1. The van der Waals surface area contributed by atoms with Crippen LogP contribution in [0.25, 0.3) is 10.9 Å². The predicted molar refractivity (Wildman–Crippen MR) is 128 cm³/mol. The summed E-state index contributed by atoms with van der Waals surface area (Å²) in [6.07, 6.45) is 5.38. The van der Waals surface area contributed by atoms with Crippen molar-refractivity contribution in [1.29, 1.82) is 0 Å². The molecule has 8 nitrogen and oxygen atoms in total. The molecule has 0 bridgehead atoms. The lowest BCUT2D eigenvalue weighted by molar-refractivity contribution is -0.164. The molecule has 9 heteroatoms. The van der Waals surface area contributed by atoms with Gasteiger partial charge in [-0.1, -0.05) is 11.6 Å². The van der Waals surface area contributed by atoms with Crippen molar-refractivity contribution in [2.45, 2.75) is 43.7 Å². The van der Waals surface area contributed by atoms with E-state index in [9.17, 15) is 9.59 Å². The summed E-state index contributed by atoms with van der Waals surface area (Å²) in [4.78, 5) is 34.2. The molecule has 1 unspecified atom stereocenters. The first-order valence-corrected chi connectivity index (χ1v) is 12.3. The molecule has 2 aliphatic heterocycles. The van der Waals surface area contributed by atoms with Gasteiger partial charge >= 0.3 is 0 Å². The summed E-state index contributed by atoms with van der Waals surface area (Å²) in [7, 11) is 1.63. The lowest BCUT2D eigenvalue weighted by atomic mass is 9.75. The van der Waals surface area contributed by atoms with Gasteiger partial charge in [0.05, 0.1) is 24.6 Å². The second kappa shape index (κ2) is 8.13. The van der Waals surface area contributed by atoms with E-state index < -0.39 is 0 Å². The van der Waals surface area contributed by atoms with Gasteiger partial charge in [0.15, 0.2) is 0 Å². The number of H-pyrrole nitrogens is 1. The SMILES string of the molecule is COCCn1nccc1C(=O)N1CC2(CCN2C(=O)C2CCCc3c2[nH]c2ccc(Cl)cc32)C1. The molecule has 1 spiro atoms. The van der Waals surface area contributed by atoms with Crippen molar-refractivity contribution in [2.24, 2.45) is 0 Å². The van der Waals surface area contributed by atoms with Crippen LogP contribution in [0.4, 0.5) is 0 Å². The molecule has 3 aromatic rings. The van der Waals surface area contributed by atoms with Gasteiger partial charge in [0, 0.05) is 54.6 Å². The van der Waals surface area contributed by atoms with Gasteiger partial charge in [0.25, 0.3) is 5.91 Å². The van der Waals surface area contributed by atoms with Crippen LogP contribution >= 0.6 is 11.6 Å². The third-order valence-corrected chi connectivity index (χ3v) is 8.04. The van der Waals surface area contributed by atoms with Gasteiger partial charge < -0.3 is 19.5 Å². The minimum absolute atomic E-state index is 0.0361. The number of fused-ring (bicyclic) bond motifs is 3. The Morgan fingerprint density at radius 1 is 1.29 bits per heavy atom. The molecule has 178 valence electrons. The van der Waals surface area contributed by atoms with Crippen LogP contribution in [0.5, 0.6) is 0 Å². The van der Waals surface area contributed by atoms with E-state index in [2.05, 4.69) is 10.1 Å². The highest BCUT2D eigenvalue weighted by atomic mass is 35.5. The largest absolute Gasteiger partial charge is 0.383 e. The number of nitrogens with zero attached hydrogens (tertiary/aromatic N) is 4. The first-order chi connectivity index (χ1) is 16.5. The smallest absolute Gasteiger partial charge is 0.272 e. The van der Waals surface area contributed by atoms with Crippen molar-refractivity contribution >= 4 is 34.3 Å². The van der Waals surface area contributed by atoms with Crippen molar-refractivity contribution in [1.82, 2.24) is 24.6 Å². The standard InChI is InChI=1S/C25H28ClN5O3/c1-34-12-11-31-21(7-9-27-31)24(33)29-14-25(15-29)8-10-30(25)23(32)18-4-2-3-17-19-13-16(26)5-6-20(19)28-22(17)18/h5-7,9,13,18,28H,2-4,8,10-12,14-15H2,1H3. The Morgan fingerprint density at radius 3 is 2.91 bits per heavy atom. The highest BCUT2D eigenvalue weighted by molar-refractivity contribution is 6.31. The van der Waals surface area contributed by atoms with Crippen LogP contribution in [0.1, 0.15) is 46.9 Å². The van der Waals surface area contributed by atoms with E-state index in [4.69, 9.17) is 16.3 Å². The Kier molecular flexibility index (Phi) is 5.18. The summed E-state index contributed by atoms with van der Waals surface area (Å²) in [6.45, 7) is 2.94. The van der Waals surface area contributed by atoms with E-state index in [1.54, 1.807) is 24.1 Å². The van der Waals surface area contributed by atoms with Crippen molar-refractivity contribution < 1.29 is 14.3 Å². The molecular weight excluding hydrogens is 454 g/mol. The fourth-order valence-electron chi connectivity index (χ4n) is 5.92. The normalized spacial score (nSPS) is 20.8. The molecule has 4 heterocycles. The predicted octanol–water partition coefficient (Wildman–Crippen LogP) is 3.21. The first-order valence-electron chi connectivity index (χ1n) is 11.9. The van der Waals surface area contributed by atoms with E-state index in [1.807, 2.05) is 28.0 Å². The van der Waals surface area contributed by atoms with Gasteiger partial charge in [-0.05, 0) is 55.5 Å². The maximum Gasteiger partial charge on any atom is 0.272 e. The second-order valence-corrected chi connectivity index (χ2v) is 10.1. The van der Waals surface area contributed by atoms with Crippen LogP contribution in [0.3, 0.4) is 0 Å². The molecule has 3 aliphatic rings. The van der Waals surface area contributed by atoms with Crippen LogP contribution < -0.4 is 0 Å². The van der Waals surface area contributed by atoms with E-state index in [0.717, 1.165) is 48.8 Å². The maximum absolute atomic E-state index is 13.7. The zero-order valence-corrected chi connectivity index (χ0v) is 20.0. The number of likely N-dealkylation sites (tertiary alicyclic amines) is 2. The molecule has 34 heavy (non-hydrogen) atoms. The number of benzene rings is 1. The molecule has 6 rings (SSSR count). The average molecular weight is 482 g/mol. The molecule has 0 radical (unpaired) electrons. The fraction of sp³-hybridized carbons (Fsp3) is 0.480. The summed E-state index contributed by atoms with van der Waals surface area (Å²) in [5.74, 6) is -0.0135. The quantitative estimate of drug-likeness (QED) is 0.606. The zero-order valence-electron chi connectivity index (χ0n) is 19.2. The summed E-state index contributed by atoms with van der Waals surface area (Å²) in [5.41, 5.74) is 3.66. The highest BCUT2D eigenvalue weighted by Gasteiger charge is 2.57. The number of rotatable bonds is 5. The Bertz CT molecular complexity index is 1270. The Hall–Kier alpha value is -2.84.